The minimum Gasteiger partial charge on any atom is -0.490 e. The molecule has 0 fully saturated rings. The van der Waals surface area contributed by atoms with E-state index in [1.165, 1.54) is 24.3 Å². The molecule has 6 aromatic rings. The van der Waals surface area contributed by atoms with E-state index in [0.29, 0.717) is 48.3 Å². The van der Waals surface area contributed by atoms with Crippen molar-refractivity contribution in [2.24, 2.45) is 0 Å². The maximum absolute atomic E-state index is 13.3. The number of rotatable bonds is 18. The molecule has 0 unspecified atom stereocenters. The molecule has 294 valence electrons. The summed E-state index contributed by atoms with van der Waals surface area (Å²) in [6.45, 7) is -0.148. The third-order valence-electron chi connectivity index (χ3n) is 9.03. The van der Waals surface area contributed by atoms with Gasteiger partial charge in [-0.3, -0.25) is 30.2 Å². The molecule has 0 aliphatic carbocycles. The van der Waals surface area contributed by atoms with Crippen molar-refractivity contribution in [3.8, 4) is 33.8 Å². The molecule has 0 saturated carbocycles. The Bertz CT molecular complexity index is 2140. The van der Waals surface area contributed by atoms with Crippen molar-refractivity contribution in [2.45, 2.75) is 37.9 Å². The van der Waals surface area contributed by atoms with Gasteiger partial charge in [-0.1, -0.05) is 60.7 Å². The van der Waals surface area contributed by atoms with Crippen molar-refractivity contribution in [1.29, 1.82) is 0 Å². The molecule has 0 spiro atoms. The number of carbonyl (C=O) groups is 2. The van der Waals surface area contributed by atoms with E-state index in [9.17, 15) is 29.8 Å². The maximum Gasteiger partial charge on any atom is 0.417 e. The van der Waals surface area contributed by atoms with Gasteiger partial charge >= 0.3 is 11.9 Å². The minimum absolute atomic E-state index is 0.0196. The highest BCUT2D eigenvalue weighted by molar-refractivity contribution is 6.29. The van der Waals surface area contributed by atoms with Crippen LogP contribution in [0.2, 0.25) is 0 Å². The molecular weight excluding hydrogens is 745 g/mol. The zero-order chi connectivity index (χ0) is 40.7. The quantitative estimate of drug-likeness (QED) is 0.0353. The van der Waals surface area contributed by atoms with Gasteiger partial charge < -0.3 is 18.9 Å². The Balaban J connectivity index is 1.10. The Hall–Kier alpha value is -7.48. The number of ether oxygens (including phenoxy) is 4. The number of carbonyl (C=O) groups excluding carboxylic acids is 2. The van der Waals surface area contributed by atoms with E-state index >= 15 is 0 Å². The van der Waals surface area contributed by atoms with Crippen LogP contribution in [0.4, 0.5) is 11.4 Å². The van der Waals surface area contributed by atoms with E-state index in [4.69, 9.17) is 18.9 Å². The highest BCUT2D eigenvalue weighted by atomic mass is 16.6. The van der Waals surface area contributed by atoms with Gasteiger partial charge in [0.2, 0.25) is 0 Å². The zero-order valence-corrected chi connectivity index (χ0v) is 31.1. The summed E-state index contributed by atoms with van der Waals surface area (Å²) in [7, 11) is 0. The average Bonchev–Trinajstić information content (AvgIpc) is 3.26. The van der Waals surface area contributed by atoms with Crippen molar-refractivity contribution in [3.05, 3.63) is 177 Å². The Kier molecular flexibility index (Phi) is 13.8. The van der Waals surface area contributed by atoms with E-state index in [1.807, 2.05) is 12.1 Å². The van der Waals surface area contributed by atoms with Gasteiger partial charge in [-0.05, 0) is 95.5 Å². The number of hydrogen-bond donors (Lipinski definition) is 0. The molecule has 0 bridgehead atoms. The first-order valence-corrected chi connectivity index (χ1v) is 18.3. The first-order chi connectivity index (χ1) is 28.2. The first kappa shape index (κ1) is 40.2. The van der Waals surface area contributed by atoms with Crippen LogP contribution in [0.1, 0.15) is 24.0 Å². The molecule has 2 heterocycles. The van der Waals surface area contributed by atoms with Crippen molar-refractivity contribution in [1.82, 2.24) is 9.97 Å². The van der Waals surface area contributed by atoms with Crippen molar-refractivity contribution < 1.29 is 38.4 Å². The molecule has 4 aromatic carbocycles. The summed E-state index contributed by atoms with van der Waals surface area (Å²) in [6, 6.07) is 33.9. The summed E-state index contributed by atoms with van der Waals surface area (Å²) in [5.41, 5.74) is 4.60. The number of nitro benzene ring substituents is 2. The van der Waals surface area contributed by atoms with Crippen LogP contribution in [0.15, 0.2) is 146 Å². The SMILES string of the molecule is O=C(O[C@H](CCc1cccnc1)COc1ccc(-c2cccc([N+](=O)[O-])c2)cc1)C(=O)O[C@H](CCc1cccnc1)COc1ccc(-c2cccc([N+](=O)[O-])c2)cc1. The predicted octanol–water partition coefficient (Wildman–Crippen LogP) is 8.17. The van der Waals surface area contributed by atoms with Crippen LogP contribution in [-0.4, -0.2) is 57.2 Å². The van der Waals surface area contributed by atoms with Crippen LogP contribution in [0.25, 0.3) is 22.3 Å². The Labute approximate surface area is 333 Å². The number of benzene rings is 4. The highest BCUT2D eigenvalue weighted by Gasteiger charge is 2.27. The number of hydrogen-bond acceptors (Lipinski definition) is 12. The lowest BCUT2D eigenvalue weighted by atomic mass is 10.1. The zero-order valence-electron chi connectivity index (χ0n) is 31.1. The second kappa shape index (κ2) is 19.9. The second-order valence-electron chi connectivity index (χ2n) is 13.1. The van der Waals surface area contributed by atoms with Gasteiger partial charge in [0.1, 0.15) is 36.9 Å². The fourth-order valence-corrected chi connectivity index (χ4v) is 5.96. The first-order valence-electron chi connectivity index (χ1n) is 18.3. The van der Waals surface area contributed by atoms with E-state index in [0.717, 1.165) is 22.3 Å². The molecule has 2 atom stereocenters. The number of non-ortho nitro benzene ring substituents is 2. The molecule has 0 aliphatic heterocycles. The van der Waals surface area contributed by atoms with Crippen LogP contribution >= 0.6 is 0 Å². The van der Waals surface area contributed by atoms with Gasteiger partial charge in [0.15, 0.2) is 0 Å². The molecule has 6 rings (SSSR count). The number of aryl methyl sites for hydroxylation is 2. The Morgan fingerprint density at radius 2 is 0.948 bits per heavy atom. The van der Waals surface area contributed by atoms with Crippen LogP contribution in [0.3, 0.4) is 0 Å². The summed E-state index contributed by atoms with van der Waals surface area (Å²) in [5.74, 6) is -1.45. The van der Waals surface area contributed by atoms with E-state index in [-0.39, 0.29) is 24.6 Å². The molecule has 2 aromatic heterocycles. The number of esters is 2. The number of nitrogens with zero attached hydrogens (tertiary/aromatic N) is 4. The summed E-state index contributed by atoms with van der Waals surface area (Å²) in [5, 5.41) is 22.5. The van der Waals surface area contributed by atoms with Gasteiger partial charge in [0, 0.05) is 49.1 Å². The Morgan fingerprint density at radius 3 is 1.31 bits per heavy atom. The number of pyridine rings is 2. The van der Waals surface area contributed by atoms with Crippen LogP contribution in [-0.2, 0) is 31.9 Å². The van der Waals surface area contributed by atoms with Crippen molar-refractivity contribution in [2.75, 3.05) is 13.2 Å². The molecule has 0 N–H and O–H groups in total. The standard InChI is InChI=1S/C44H38N4O10/c49-43(57-41(17-11-31-5-3-23-45-27-31)29-55-39-19-13-33(14-20-39)35-7-1-9-37(25-35)47(51)52)44(50)58-42(18-12-32-6-4-24-46-28-32)30-56-40-21-15-34(16-22-40)36-8-2-10-38(26-36)48(53)54/h1-10,13-16,19-28,41-42H,11-12,17-18,29-30H2/t41-,42-/m1/s1. The van der Waals surface area contributed by atoms with E-state index in [2.05, 4.69) is 9.97 Å². The topological polar surface area (TPSA) is 183 Å². The van der Waals surface area contributed by atoms with Crippen LogP contribution in [0, 0.1) is 20.2 Å². The third kappa shape index (κ3) is 11.8. The summed E-state index contributed by atoms with van der Waals surface area (Å²) >= 11 is 0. The van der Waals surface area contributed by atoms with Gasteiger partial charge in [-0.2, -0.15) is 0 Å². The molecular formula is C44H38N4O10. The highest BCUT2D eigenvalue weighted by Crippen LogP contribution is 2.28. The largest absolute Gasteiger partial charge is 0.490 e. The lowest BCUT2D eigenvalue weighted by Crippen LogP contribution is -2.34. The van der Waals surface area contributed by atoms with Gasteiger partial charge in [0.05, 0.1) is 9.85 Å². The van der Waals surface area contributed by atoms with Gasteiger partial charge in [0.25, 0.3) is 11.4 Å². The Morgan fingerprint density at radius 1 is 0.534 bits per heavy atom. The smallest absolute Gasteiger partial charge is 0.417 e. The minimum atomic E-state index is -1.19. The lowest BCUT2D eigenvalue weighted by molar-refractivity contribution is -0.385. The van der Waals surface area contributed by atoms with Crippen LogP contribution in [0.5, 0.6) is 11.5 Å². The monoisotopic (exact) mass is 782 g/mol. The summed E-state index contributed by atoms with van der Waals surface area (Å²) < 4.78 is 23.3. The van der Waals surface area contributed by atoms with Gasteiger partial charge in [-0.25, -0.2) is 9.59 Å². The average molecular weight is 783 g/mol. The van der Waals surface area contributed by atoms with E-state index < -0.39 is 34.0 Å². The lowest BCUT2D eigenvalue weighted by Gasteiger charge is -2.21. The molecule has 14 nitrogen and oxygen atoms in total. The molecule has 0 aliphatic rings. The number of nitro groups is 2. The van der Waals surface area contributed by atoms with Crippen molar-refractivity contribution >= 4 is 23.3 Å². The molecule has 0 amide bonds. The molecule has 0 saturated heterocycles. The maximum atomic E-state index is 13.3. The summed E-state index contributed by atoms with van der Waals surface area (Å²) in [6.07, 6.45) is 6.63. The summed E-state index contributed by atoms with van der Waals surface area (Å²) in [4.78, 5) is 56.4. The second-order valence-corrected chi connectivity index (χ2v) is 13.1. The molecule has 0 radical (unpaired) electrons. The fourth-order valence-electron chi connectivity index (χ4n) is 5.96. The van der Waals surface area contributed by atoms with Crippen molar-refractivity contribution in [3.63, 3.8) is 0 Å². The molecule has 58 heavy (non-hydrogen) atoms. The predicted molar refractivity (Wildman–Crippen MR) is 213 cm³/mol. The number of aromatic nitrogens is 2. The van der Waals surface area contributed by atoms with Gasteiger partial charge in [-0.15, -0.1) is 0 Å². The molecule has 14 heteroatoms. The third-order valence-corrected chi connectivity index (χ3v) is 9.03. The van der Waals surface area contributed by atoms with E-state index in [1.54, 1.807) is 110 Å². The fraction of sp³-hybridized carbons (Fsp3) is 0.182. The van der Waals surface area contributed by atoms with Crippen LogP contribution < -0.4 is 9.47 Å². The normalized spacial score (nSPS) is 11.8.